The molecule has 0 spiro atoms. The molecule has 8 heteroatoms. The number of aryl methyl sites for hydroxylation is 1. The molecule has 3 aromatic rings. The maximum Gasteiger partial charge on any atom is 0.243 e. The van der Waals surface area contributed by atoms with Crippen molar-refractivity contribution in [1.29, 1.82) is 0 Å². The van der Waals surface area contributed by atoms with Crippen molar-refractivity contribution in [2.24, 2.45) is 5.92 Å². The van der Waals surface area contributed by atoms with E-state index in [-0.39, 0.29) is 10.8 Å². The van der Waals surface area contributed by atoms with Crippen molar-refractivity contribution in [3.05, 3.63) is 53.7 Å². The van der Waals surface area contributed by atoms with Crippen molar-refractivity contribution < 1.29 is 8.42 Å². The third-order valence-electron chi connectivity index (χ3n) is 4.92. The van der Waals surface area contributed by atoms with Crippen molar-refractivity contribution >= 4 is 32.5 Å². The zero-order valence-electron chi connectivity index (χ0n) is 14.3. The van der Waals surface area contributed by atoms with Gasteiger partial charge in [-0.25, -0.2) is 17.7 Å². The molecule has 1 atom stereocenters. The molecule has 6 nitrogen and oxygen atoms in total. The number of sulfonamides is 1. The number of aromatic nitrogens is 3. The summed E-state index contributed by atoms with van der Waals surface area (Å²) >= 11 is 6.17. The van der Waals surface area contributed by atoms with Gasteiger partial charge in [0, 0.05) is 50.5 Å². The molecule has 0 amide bonds. The van der Waals surface area contributed by atoms with Crippen LogP contribution in [0.5, 0.6) is 0 Å². The first-order valence-corrected chi connectivity index (χ1v) is 10.3. The molecule has 136 valence electrons. The average molecular weight is 391 g/mol. The fourth-order valence-corrected chi connectivity index (χ4v) is 5.19. The van der Waals surface area contributed by atoms with Crippen LogP contribution in [0.1, 0.15) is 12.2 Å². The first-order valence-electron chi connectivity index (χ1n) is 8.46. The van der Waals surface area contributed by atoms with Crippen LogP contribution in [0.2, 0.25) is 5.02 Å². The molecule has 0 saturated carbocycles. The molecule has 0 bridgehead atoms. The Hall–Kier alpha value is -1.96. The van der Waals surface area contributed by atoms with Crippen LogP contribution < -0.4 is 0 Å². The Morgan fingerprint density at radius 3 is 2.96 bits per heavy atom. The van der Waals surface area contributed by atoms with E-state index in [2.05, 4.69) is 14.5 Å². The fourth-order valence-electron chi connectivity index (χ4n) is 3.55. The van der Waals surface area contributed by atoms with Gasteiger partial charge in [-0.05, 0) is 36.6 Å². The smallest absolute Gasteiger partial charge is 0.243 e. The van der Waals surface area contributed by atoms with Crippen molar-refractivity contribution in [2.75, 3.05) is 13.6 Å². The van der Waals surface area contributed by atoms with Gasteiger partial charge < -0.3 is 4.57 Å². The standard InChI is InChI=1S/C18H19ClN4O2S/c1-22(11-13-4-7-17-20-9-10-23(17)12-13)26(24,25)16-6-5-15(19)18-14(16)3-2-8-21-18/h2-3,5-6,8-10,13H,4,7,11-12H2,1H3/t13-/m0/s1. The maximum atomic E-state index is 13.2. The highest BCUT2D eigenvalue weighted by molar-refractivity contribution is 7.89. The predicted molar refractivity (Wildman–Crippen MR) is 101 cm³/mol. The number of imidazole rings is 1. The van der Waals surface area contributed by atoms with Crippen molar-refractivity contribution in [2.45, 2.75) is 24.3 Å². The lowest BCUT2D eigenvalue weighted by Gasteiger charge is -2.28. The van der Waals surface area contributed by atoms with Gasteiger partial charge in [0.15, 0.2) is 0 Å². The van der Waals surface area contributed by atoms with Crippen LogP contribution in [0.25, 0.3) is 10.9 Å². The van der Waals surface area contributed by atoms with Gasteiger partial charge >= 0.3 is 0 Å². The van der Waals surface area contributed by atoms with E-state index in [9.17, 15) is 8.42 Å². The van der Waals surface area contributed by atoms with Gasteiger partial charge in [0.25, 0.3) is 0 Å². The highest BCUT2D eigenvalue weighted by atomic mass is 35.5. The summed E-state index contributed by atoms with van der Waals surface area (Å²) in [5.74, 6) is 1.33. The van der Waals surface area contributed by atoms with Crippen molar-refractivity contribution in [1.82, 2.24) is 18.8 Å². The normalized spacial score (nSPS) is 17.6. The summed E-state index contributed by atoms with van der Waals surface area (Å²) in [5.41, 5.74) is 0.504. The monoisotopic (exact) mass is 390 g/mol. The molecule has 4 rings (SSSR count). The minimum atomic E-state index is -3.64. The molecule has 1 aliphatic heterocycles. The maximum absolute atomic E-state index is 13.2. The molecular weight excluding hydrogens is 372 g/mol. The lowest BCUT2D eigenvalue weighted by Crippen LogP contribution is -2.35. The number of benzene rings is 1. The number of pyridine rings is 1. The Labute approximate surface area is 157 Å². The number of nitrogens with zero attached hydrogens (tertiary/aromatic N) is 4. The number of hydrogen-bond acceptors (Lipinski definition) is 4. The molecule has 1 aliphatic rings. The van der Waals surface area contributed by atoms with Crippen molar-refractivity contribution in [3.63, 3.8) is 0 Å². The Kier molecular flexibility index (Phi) is 4.46. The van der Waals surface area contributed by atoms with Crippen LogP contribution in [0, 0.1) is 5.92 Å². The van der Waals surface area contributed by atoms with Gasteiger partial charge in [-0.2, -0.15) is 0 Å². The number of fused-ring (bicyclic) bond motifs is 2. The summed E-state index contributed by atoms with van der Waals surface area (Å²) in [7, 11) is -2.00. The van der Waals surface area contributed by atoms with Gasteiger partial charge in [-0.1, -0.05) is 11.6 Å². The molecule has 26 heavy (non-hydrogen) atoms. The van der Waals surface area contributed by atoms with E-state index in [4.69, 9.17) is 11.6 Å². The molecule has 0 unspecified atom stereocenters. The van der Waals surface area contributed by atoms with Crippen LogP contribution in [0.4, 0.5) is 0 Å². The second-order valence-corrected chi connectivity index (χ2v) is 9.05. The summed E-state index contributed by atoms with van der Waals surface area (Å²) < 4.78 is 29.9. The Morgan fingerprint density at radius 2 is 2.12 bits per heavy atom. The first kappa shape index (κ1) is 17.5. The minimum absolute atomic E-state index is 0.242. The van der Waals surface area contributed by atoms with Crippen LogP contribution in [-0.4, -0.2) is 40.9 Å². The fraction of sp³-hybridized carbons (Fsp3) is 0.333. The molecule has 0 aliphatic carbocycles. The van der Waals surface area contributed by atoms with Gasteiger partial charge in [-0.3, -0.25) is 4.98 Å². The summed E-state index contributed by atoms with van der Waals surface area (Å²) in [6, 6.07) is 6.62. The van der Waals surface area contributed by atoms with Gasteiger partial charge in [0.2, 0.25) is 10.0 Å². The van der Waals surface area contributed by atoms with Crippen LogP contribution in [0.3, 0.4) is 0 Å². The Morgan fingerprint density at radius 1 is 1.27 bits per heavy atom. The molecule has 0 N–H and O–H groups in total. The first-order chi connectivity index (χ1) is 12.5. The van der Waals surface area contributed by atoms with E-state index < -0.39 is 10.0 Å². The zero-order chi connectivity index (χ0) is 18.3. The molecule has 0 saturated heterocycles. The largest absolute Gasteiger partial charge is 0.335 e. The SMILES string of the molecule is CN(C[C@@H]1CCc2nccn2C1)S(=O)(=O)c1ccc(Cl)c2ncccc12. The van der Waals surface area contributed by atoms with Crippen molar-refractivity contribution in [3.8, 4) is 0 Å². The summed E-state index contributed by atoms with van der Waals surface area (Å²) in [6.45, 7) is 1.25. The third kappa shape index (κ3) is 3.00. The second-order valence-electron chi connectivity index (χ2n) is 6.63. The average Bonchev–Trinajstić information content (AvgIpc) is 3.10. The highest BCUT2D eigenvalue weighted by Gasteiger charge is 2.28. The highest BCUT2D eigenvalue weighted by Crippen LogP contribution is 2.30. The molecule has 0 fully saturated rings. The van der Waals surface area contributed by atoms with Gasteiger partial charge in [-0.15, -0.1) is 0 Å². The summed E-state index contributed by atoms with van der Waals surface area (Å²) in [4.78, 5) is 8.79. The quantitative estimate of drug-likeness (QED) is 0.686. The van der Waals surface area contributed by atoms with E-state index in [1.165, 1.54) is 4.31 Å². The number of rotatable bonds is 4. The van der Waals surface area contributed by atoms with Gasteiger partial charge in [0.1, 0.15) is 5.82 Å². The second kappa shape index (κ2) is 6.64. The Balaban J connectivity index is 1.62. The van der Waals surface area contributed by atoms with E-state index in [0.717, 1.165) is 25.2 Å². The molecule has 0 radical (unpaired) electrons. The van der Waals surface area contributed by atoms with Crippen LogP contribution in [0.15, 0.2) is 47.8 Å². The topological polar surface area (TPSA) is 68.1 Å². The molecule has 3 heterocycles. The minimum Gasteiger partial charge on any atom is -0.335 e. The zero-order valence-corrected chi connectivity index (χ0v) is 15.9. The van der Waals surface area contributed by atoms with Gasteiger partial charge in [0.05, 0.1) is 15.4 Å². The third-order valence-corrected chi connectivity index (χ3v) is 7.10. The molecular formula is C18H19ClN4O2S. The van der Waals surface area contributed by atoms with Crippen LogP contribution >= 0.6 is 11.6 Å². The van der Waals surface area contributed by atoms with Crippen LogP contribution in [-0.2, 0) is 23.0 Å². The predicted octanol–water partition coefficient (Wildman–Crippen LogP) is 2.97. The molecule has 2 aromatic heterocycles. The number of hydrogen-bond donors (Lipinski definition) is 0. The van der Waals surface area contributed by atoms with E-state index in [1.54, 1.807) is 43.7 Å². The number of halogens is 1. The Bertz CT molecular complexity index is 1060. The summed E-state index contributed by atoms with van der Waals surface area (Å²) in [5, 5.41) is 0.995. The van der Waals surface area contributed by atoms with E-state index in [1.807, 2.05) is 6.20 Å². The molecule has 1 aromatic carbocycles. The lowest BCUT2D eigenvalue weighted by molar-refractivity contribution is 0.303. The summed E-state index contributed by atoms with van der Waals surface area (Å²) in [6.07, 6.45) is 7.16. The van der Waals surface area contributed by atoms with E-state index in [0.29, 0.717) is 22.5 Å². The van der Waals surface area contributed by atoms with E-state index >= 15 is 0 Å². The lowest BCUT2D eigenvalue weighted by atomic mass is 10.00.